The third-order valence-corrected chi connectivity index (χ3v) is 4.07. The Labute approximate surface area is 156 Å². The first-order chi connectivity index (χ1) is 13.1. The van der Waals surface area contributed by atoms with E-state index in [-0.39, 0.29) is 22.3 Å². The Bertz CT molecular complexity index is 1120. The molecule has 0 unspecified atom stereocenters. The predicted molar refractivity (Wildman–Crippen MR) is 99.9 cm³/mol. The van der Waals surface area contributed by atoms with Gasteiger partial charge in [0.1, 0.15) is 12.1 Å². The summed E-state index contributed by atoms with van der Waals surface area (Å²) >= 11 is 0. The molecule has 0 atom stereocenters. The van der Waals surface area contributed by atoms with E-state index in [2.05, 4.69) is 5.32 Å². The quantitative estimate of drug-likeness (QED) is 0.506. The lowest BCUT2D eigenvalue weighted by atomic mass is 10.1. The summed E-state index contributed by atoms with van der Waals surface area (Å²) in [5, 5.41) is 11.8. The van der Waals surface area contributed by atoms with E-state index < -0.39 is 29.8 Å². The van der Waals surface area contributed by atoms with Crippen LogP contribution in [-0.2, 0) is 0 Å². The van der Waals surface area contributed by atoms with Crippen LogP contribution in [0.5, 0.6) is 0 Å². The SMILES string of the molecule is Nc1ccc(-n2c(=O)c(C(=O)O)c(N)c3ccc(NCC(F)(F)F)cc32)cc1. The largest absolute Gasteiger partial charge is 0.477 e. The molecular formula is C18H15F3N4O3. The van der Waals surface area contributed by atoms with Crippen molar-refractivity contribution in [3.05, 3.63) is 58.4 Å². The molecule has 28 heavy (non-hydrogen) atoms. The molecule has 0 fully saturated rings. The summed E-state index contributed by atoms with van der Waals surface area (Å²) in [4.78, 5) is 24.4. The minimum atomic E-state index is -4.43. The van der Waals surface area contributed by atoms with Gasteiger partial charge in [0.25, 0.3) is 5.56 Å². The molecule has 146 valence electrons. The molecule has 0 amide bonds. The maximum Gasteiger partial charge on any atom is 0.405 e. The summed E-state index contributed by atoms with van der Waals surface area (Å²) in [5.74, 6) is -1.51. The van der Waals surface area contributed by atoms with E-state index >= 15 is 0 Å². The van der Waals surface area contributed by atoms with Gasteiger partial charge in [-0.1, -0.05) is 0 Å². The summed E-state index contributed by atoms with van der Waals surface area (Å²) in [6, 6.07) is 10.0. The molecule has 6 N–H and O–H groups in total. The number of hydrogen-bond acceptors (Lipinski definition) is 5. The molecule has 7 nitrogen and oxygen atoms in total. The van der Waals surface area contributed by atoms with Gasteiger partial charge in [-0.2, -0.15) is 13.2 Å². The van der Waals surface area contributed by atoms with Gasteiger partial charge in [0.05, 0.1) is 11.2 Å². The number of aromatic carboxylic acids is 1. The van der Waals surface area contributed by atoms with E-state index in [0.29, 0.717) is 11.4 Å². The number of carbonyl (C=O) groups is 1. The van der Waals surface area contributed by atoms with Gasteiger partial charge < -0.3 is 21.9 Å². The number of halogens is 3. The second-order valence-corrected chi connectivity index (χ2v) is 6.03. The molecule has 3 aromatic rings. The smallest absolute Gasteiger partial charge is 0.405 e. The van der Waals surface area contributed by atoms with Gasteiger partial charge in [0, 0.05) is 22.4 Å². The van der Waals surface area contributed by atoms with Crippen molar-refractivity contribution in [1.82, 2.24) is 4.57 Å². The van der Waals surface area contributed by atoms with Gasteiger partial charge in [-0.05, 0) is 42.5 Å². The summed E-state index contributed by atoms with van der Waals surface area (Å²) in [6.45, 7) is -1.27. The van der Waals surface area contributed by atoms with Crippen molar-refractivity contribution in [1.29, 1.82) is 0 Å². The molecule has 0 aliphatic carbocycles. The molecule has 0 saturated carbocycles. The molecule has 0 aliphatic heterocycles. The van der Waals surface area contributed by atoms with E-state index in [0.717, 1.165) is 4.57 Å². The Balaban J connectivity index is 2.31. The monoisotopic (exact) mass is 392 g/mol. The van der Waals surface area contributed by atoms with Crippen LogP contribution < -0.4 is 22.3 Å². The van der Waals surface area contributed by atoms with Gasteiger partial charge in [0.15, 0.2) is 0 Å². The van der Waals surface area contributed by atoms with E-state index in [1.54, 1.807) is 0 Å². The van der Waals surface area contributed by atoms with Crippen molar-refractivity contribution in [3.63, 3.8) is 0 Å². The highest BCUT2D eigenvalue weighted by molar-refractivity contribution is 6.04. The maximum atomic E-state index is 12.8. The van der Waals surface area contributed by atoms with Gasteiger partial charge in [-0.25, -0.2) is 4.79 Å². The number of nitrogens with one attached hydrogen (secondary N) is 1. The summed E-state index contributed by atoms with van der Waals surface area (Å²) in [6.07, 6.45) is -4.43. The molecule has 3 rings (SSSR count). The Morgan fingerprint density at radius 3 is 2.32 bits per heavy atom. The number of nitrogens with zero attached hydrogens (tertiary/aromatic N) is 1. The highest BCUT2D eigenvalue weighted by atomic mass is 19.4. The molecule has 0 saturated heterocycles. The summed E-state index contributed by atoms with van der Waals surface area (Å²) < 4.78 is 38.6. The fourth-order valence-electron chi connectivity index (χ4n) is 2.81. The molecule has 1 aromatic heterocycles. The number of aromatic nitrogens is 1. The van der Waals surface area contributed by atoms with Gasteiger partial charge >= 0.3 is 12.1 Å². The van der Waals surface area contributed by atoms with Crippen LogP contribution >= 0.6 is 0 Å². The number of nitrogen functional groups attached to an aromatic ring is 2. The molecular weight excluding hydrogens is 377 g/mol. The minimum Gasteiger partial charge on any atom is -0.477 e. The number of fused-ring (bicyclic) bond motifs is 1. The van der Waals surface area contributed by atoms with E-state index in [4.69, 9.17) is 11.5 Å². The number of benzene rings is 2. The van der Waals surface area contributed by atoms with Crippen LogP contribution in [0.1, 0.15) is 10.4 Å². The third kappa shape index (κ3) is 3.56. The van der Waals surface area contributed by atoms with Crippen molar-refractivity contribution < 1.29 is 23.1 Å². The number of carboxylic acids is 1. The second kappa shape index (κ2) is 6.80. The Kier molecular flexibility index (Phi) is 4.63. The van der Waals surface area contributed by atoms with Crippen LogP contribution in [-0.4, -0.2) is 28.4 Å². The van der Waals surface area contributed by atoms with E-state index in [1.165, 1.54) is 42.5 Å². The molecule has 0 aliphatic rings. The van der Waals surface area contributed by atoms with Crippen LogP contribution in [0.25, 0.3) is 16.6 Å². The third-order valence-electron chi connectivity index (χ3n) is 4.07. The normalized spacial score (nSPS) is 11.5. The predicted octanol–water partition coefficient (Wildman–Crippen LogP) is 2.83. The fourth-order valence-corrected chi connectivity index (χ4v) is 2.81. The second-order valence-electron chi connectivity index (χ2n) is 6.03. The highest BCUT2D eigenvalue weighted by Crippen LogP contribution is 2.28. The first-order valence-electron chi connectivity index (χ1n) is 7.96. The van der Waals surface area contributed by atoms with E-state index in [9.17, 15) is 27.9 Å². The average Bonchev–Trinajstić information content (AvgIpc) is 2.60. The zero-order valence-corrected chi connectivity index (χ0v) is 14.2. The first kappa shape index (κ1) is 19.1. The van der Waals surface area contributed by atoms with Crippen molar-refractivity contribution in [2.24, 2.45) is 0 Å². The lowest BCUT2D eigenvalue weighted by Gasteiger charge is -2.16. The molecule has 1 heterocycles. The summed E-state index contributed by atoms with van der Waals surface area (Å²) in [7, 11) is 0. The number of hydrogen-bond donors (Lipinski definition) is 4. The van der Waals surface area contributed by atoms with Gasteiger partial charge in [-0.15, -0.1) is 0 Å². The van der Waals surface area contributed by atoms with Crippen molar-refractivity contribution >= 4 is 33.9 Å². The Morgan fingerprint density at radius 1 is 1.11 bits per heavy atom. The number of carboxylic acid groups (broad SMARTS) is 1. The van der Waals surface area contributed by atoms with Crippen molar-refractivity contribution in [2.45, 2.75) is 6.18 Å². The fraction of sp³-hybridized carbons (Fsp3) is 0.111. The standard InChI is InChI=1S/C18H15F3N4O3/c19-18(20,21)8-24-10-3-6-12-13(7-10)25(11-4-1-9(22)2-5-11)16(26)14(15(12)23)17(27)28/h1-7,24H,8,22-23H2,(H,27,28). The zero-order valence-electron chi connectivity index (χ0n) is 14.2. The van der Waals surface area contributed by atoms with Crippen LogP contribution in [0.4, 0.5) is 30.2 Å². The highest BCUT2D eigenvalue weighted by Gasteiger charge is 2.27. The lowest BCUT2D eigenvalue weighted by molar-refractivity contribution is -0.115. The maximum absolute atomic E-state index is 12.8. The van der Waals surface area contributed by atoms with Crippen molar-refractivity contribution in [3.8, 4) is 5.69 Å². The molecule has 0 bridgehead atoms. The number of pyridine rings is 1. The average molecular weight is 392 g/mol. The Morgan fingerprint density at radius 2 is 1.75 bits per heavy atom. The number of alkyl halides is 3. The van der Waals surface area contributed by atoms with Crippen molar-refractivity contribution in [2.75, 3.05) is 23.3 Å². The van der Waals surface area contributed by atoms with Gasteiger partial charge in [-0.3, -0.25) is 9.36 Å². The summed E-state index contributed by atoms with van der Waals surface area (Å²) in [5.41, 5.74) is 10.7. The van der Waals surface area contributed by atoms with E-state index in [1.807, 2.05) is 0 Å². The number of anilines is 3. The first-order valence-corrected chi connectivity index (χ1v) is 7.96. The molecule has 10 heteroatoms. The number of nitrogens with two attached hydrogens (primary N) is 2. The zero-order chi connectivity index (χ0) is 20.6. The van der Waals surface area contributed by atoms with Crippen LogP contribution in [0.2, 0.25) is 0 Å². The molecule has 0 radical (unpaired) electrons. The molecule has 2 aromatic carbocycles. The Hall–Kier alpha value is -3.69. The van der Waals surface area contributed by atoms with Crippen LogP contribution in [0.3, 0.4) is 0 Å². The number of rotatable bonds is 4. The molecule has 0 spiro atoms. The topological polar surface area (TPSA) is 123 Å². The van der Waals surface area contributed by atoms with Gasteiger partial charge in [0.2, 0.25) is 0 Å². The lowest BCUT2D eigenvalue weighted by Crippen LogP contribution is -2.27. The van der Waals surface area contributed by atoms with Crippen LogP contribution in [0.15, 0.2) is 47.3 Å². The van der Waals surface area contributed by atoms with Crippen LogP contribution in [0, 0.1) is 0 Å². The minimum absolute atomic E-state index is 0.0934.